The van der Waals surface area contributed by atoms with Crippen molar-refractivity contribution >= 4 is 19.1 Å². The van der Waals surface area contributed by atoms with Crippen molar-refractivity contribution in [1.82, 2.24) is 4.90 Å². The molecule has 200 valence electrons. The van der Waals surface area contributed by atoms with E-state index in [0.29, 0.717) is 12.4 Å². The van der Waals surface area contributed by atoms with Gasteiger partial charge in [-0.25, -0.2) is 9.13 Å². The Morgan fingerprint density at radius 3 is 2.37 bits per heavy atom. The van der Waals surface area contributed by atoms with Crippen LogP contribution in [0.2, 0.25) is 0 Å². The van der Waals surface area contributed by atoms with Gasteiger partial charge in [-0.3, -0.25) is 14.2 Å². The molecule has 1 fully saturated rings. The van der Waals surface area contributed by atoms with Gasteiger partial charge in [0.05, 0.1) is 6.67 Å². The first-order valence-corrected chi connectivity index (χ1v) is 13.2. The second-order valence-electron chi connectivity index (χ2n) is 9.20. The van der Waals surface area contributed by atoms with Crippen LogP contribution < -0.4 is 9.47 Å². The number of phenols is 2. The lowest BCUT2D eigenvalue weighted by molar-refractivity contribution is 0.0668. The molecule has 0 spiro atoms. The van der Waals surface area contributed by atoms with Crippen molar-refractivity contribution in [3.63, 3.8) is 0 Å². The van der Waals surface area contributed by atoms with E-state index in [4.69, 9.17) is 23.5 Å². The molecule has 0 saturated carbocycles. The molecule has 0 aromatic heterocycles. The number of benzene rings is 3. The number of rotatable bonds is 7. The highest BCUT2D eigenvalue weighted by atomic mass is 31.1. The van der Waals surface area contributed by atoms with E-state index in [-0.39, 0.29) is 30.2 Å². The monoisotopic (exact) mass is 541 g/mol. The molecule has 2 aliphatic rings. The summed E-state index contributed by atoms with van der Waals surface area (Å²) in [6.07, 6.45) is -0.383. The van der Waals surface area contributed by atoms with Gasteiger partial charge in [0, 0.05) is 36.7 Å². The third kappa shape index (κ3) is 6.61. The number of fused-ring (bicyclic) bond motifs is 1. The topological polar surface area (TPSA) is 117 Å². The van der Waals surface area contributed by atoms with Crippen LogP contribution in [0.4, 0.5) is 4.39 Å². The average molecular weight is 542 g/mol. The van der Waals surface area contributed by atoms with E-state index in [0.717, 1.165) is 53.2 Å². The maximum Gasteiger partial charge on any atom is 0.465 e. The summed E-state index contributed by atoms with van der Waals surface area (Å²) in [5, 5.41) is 20.1. The SMILES string of the molecule is CC1=C(c2cccc(O)c2)C(c2ccc(OCCN3CC(CF)C3)cc2)Oc2ccc(O)cc21.O=P(=O)O. The number of ether oxygens (including phenoxy) is 2. The largest absolute Gasteiger partial charge is 0.508 e. The summed E-state index contributed by atoms with van der Waals surface area (Å²) >= 11 is 0. The summed E-state index contributed by atoms with van der Waals surface area (Å²) < 4.78 is 42.1. The van der Waals surface area contributed by atoms with Crippen molar-refractivity contribution in [3.05, 3.63) is 83.4 Å². The van der Waals surface area contributed by atoms with Crippen molar-refractivity contribution < 1.29 is 38.1 Å². The van der Waals surface area contributed by atoms with Crippen LogP contribution in [0.15, 0.2) is 66.7 Å². The zero-order valence-electron chi connectivity index (χ0n) is 20.8. The Kier molecular flexibility index (Phi) is 8.84. The van der Waals surface area contributed by atoms with Gasteiger partial charge in [0.1, 0.15) is 35.7 Å². The molecule has 0 amide bonds. The van der Waals surface area contributed by atoms with E-state index < -0.39 is 7.91 Å². The quantitative estimate of drug-likeness (QED) is 0.336. The van der Waals surface area contributed by atoms with E-state index >= 15 is 0 Å². The first-order valence-electron chi connectivity index (χ1n) is 12.1. The maximum atomic E-state index is 12.6. The summed E-state index contributed by atoms with van der Waals surface area (Å²) in [6, 6.07) is 20.1. The van der Waals surface area contributed by atoms with Gasteiger partial charge in [0.15, 0.2) is 0 Å². The van der Waals surface area contributed by atoms with Crippen molar-refractivity contribution in [2.75, 3.05) is 32.9 Å². The molecule has 8 nitrogen and oxygen atoms in total. The number of hydrogen-bond donors (Lipinski definition) is 3. The van der Waals surface area contributed by atoms with Crippen molar-refractivity contribution in [2.45, 2.75) is 13.0 Å². The normalized spacial score (nSPS) is 17.0. The van der Waals surface area contributed by atoms with Gasteiger partial charge in [0.25, 0.3) is 0 Å². The van der Waals surface area contributed by atoms with Crippen LogP contribution in [0.1, 0.15) is 29.7 Å². The fourth-order valence-corrected chi connectivity index (χ4v) is 4.71. The van der Waals surface area contributed by atoms with Crippen LogP contribution in [0, 0.1) is 5.92 Å². The minimum absolute atomic E-state index is 0.176. The van der Waals surface area contributed by atoms with Crippen molar-refractivity contribution in [1.29, 1.82) is 0 Å². The van der Waals surface area contributed by atoms with Gasteiger partial charge in [0.2, 0.25) is 0 Å². The molecule has 1 saturated heterocycles. The van der Waals surface area contributed by atoms with Crippen LogP contribution in [-0.2, 0) is 9.13 Å². The maximum absolute atomic E-state index is 12.6. The van der Waals surface area contributed by atoms with Crippen molar-refractivity contribution in [2.24, 2.45) is 5.92 Å². The molecular formula is C28H29FNO7P. The summed E-state index contributed by atoms with van der Waals surface area (Å²) in [5.74, 6) is 2.01. The molecule has 10 heteroatoms. The van der Waals surface area contributed by atoms with Crippen molar-refractivity contribution in [3.8, 4) is 23.0 Å². The second kappa shape index (κ2) is 12.3. The number of aromatic hydroxyl groups is 2. The number of nitrogens with zero attached hydrogens (tertiary/aromatic N) is 1. The fourth-order valence-electron chi connectivity index (χ4n) is 4.71. The van der Waals surface area contributed by atoms with Gasteiger partial charge in [-0.2, -0.15) is 0 Å². The standard InChI is InChI=1S/C28H28FNO4.HO3P/c1-18-25-14-23(32)7-10-26(25)34-28(27(18)21-3-2-4-22(31)13-21)20-5-8-24(9-6-20)33-12-11-30-16-19(15-29)17-30;1-4(2)3/h2-10,13-14,19,28,31-32H,11-12,15-17H2,1H3;(H,1,2,3). The Hall–Kier alpha value is -3.65. The van der Waals surface area contributed by atoms with Gasteiger partial charge in [-0.1, -0.05) is 24.3 Å². The third-order valence-electron chi connectivity index (χ3n) is 6.55. The first kappa shape index (κ1) is 27.4. The number of likely N-dealkylation sites (tertiary alicyclic amines) is 1. The Bertz CT molecular complexity index is 1360. The number of phenolic OH excluding ortho intramolecular Hbond substituents is 2. The molecule has 2 heterocycles. The molecule has 2 aliphatic heterocycles. The highest BCUT2D eigenvalue weighted by molar-refractivity contribution is 7.23. The molecule has 0 radical (unpaired) electrons. The molecule has 3 N–H and O–H groups in total. The summed E-state index contributed by atoms with van der Waals surface area (Å²) in [7, 11) is -3.12. The minimum Gasteiger partial charge on any atom is -0.508 e. The number of halogens is 1. The van der Waals surface area contributed by atoms with Crippen LogP contribution in [0.25, 0.3) is 11.1 Å². The molecule has 1 atom stereocenters. The van der Waals surface area contributed by atoms with E-state index in [1.807, 2.05) is 43.3 Å². The molecule has 3 aromatic rings. The van der Waals surface area contributed by atoms with Gasteiger partial charge in [-0.05, 0) is 66.1 Å². The Morgan fingerprint density at radius 2 is 1.71 bits per heavy atom. The number of hydrogen-bond acceptors (Lipinski definition) is 7. The van der Waals surface area contributed by atoms with Crippen LogP contribution in [0.5, 0.6) is 23.0 Å². The molecule has 3 aromatic carbocycles. The van der Waals surface area contributed by atoms with E-state index in [9.17, 15) is 14.6 Å². The molecule has 1 unspecified atom stereocenters. The highest BCUT2D eigenvalue weighted by Gasteiger charge is 2.30. The molecular weight excluding hydrogens is 512 g/mol. The van der Waals surface area contributed by atoms with Crippen LogP contribution in [-0.4, -0.2) is 52.9 Å². The lowest BCUT2D eigenvalue weighted by Crippen LogP contribution is -2.49. The Labute approximate surface area is 220 Å². The number of allylic oxidation sites excluding steroid dienone is 1. The zero-order chi connectivity index (χ0) is 27.2. The summed E-state index contributed by atoms with van der Waals surface area (Å²) in [5.41, 5.74) is 4.56. The highest BCUT2D eigenvalue weighted by Crippen LogP contribution is 2.47. The average Bonchev–Trinajstić information content (AvgIpc) is 2.86. The molecule has 0 bridgehead atoms. The first-order chi connectivity index (χ1) is 18.2. The molecule has 38 heavy (non-hydrogen) atoms. The predicted octanol–water partition coefficient (Wildman–Crippen LogP) is 5.51. The zero-order valence-corrected chi connectivity index (χ0v) is 21.7. The number of alkyl halides is 1. The van der Waals surface area contributed by atoms with Gasteiger partial charge in [-0.15, -0.1) is 0 Å². The minimum atomic E-state index is -3.12. The summed E-state index contributed by atoms with van der Waals surface area (Å²) in [6.45, 7) is 4.72. The lowest BCUT2D eigenvalue weighted by Gasteiger charge is -2.37. The van der Waals surface area contributed by atoms with Crippen LogP contribution in [0.3, 0.4) is 0 Å². The van der Waals surface area contributed by atoms with Gasteiger partial charge >= 0.3 is 7.91 Å². The smallest absolute Gasteiger partial charge is 0.465 e. The summed E-state index contributed by atoms with van der Waals surface area (Å²) in [4.78, 5) is 9.20. The van der Waals surface area contributed by atoms with Gasteiger partial charge < -0.3 is 19.7 Å². The Balaban J connectivity index is 0.000000786. The van der Waals surface area contributed by atoms with E-state index in [1.54, 1.807) is 30.3 Å². The molecule has 0 aliphatic carbocycles. The fraction of sp³-hybridized carbons (Fsp3) is 0.286. The molecule has 5 rings (SSSR count). The van der Waals surface area contributed by atoms with Crippen LogP contribution >= 0.6 is 7.91 Å². The Morgan fingerprint density at radius 1 is 1.03 bits per heavy atom. The second-order valence-corrected chi connectivity index (χ2v) is 9.68. The lowest BCUT2D eigenvalue weighted by atomic mass is 9.86. The predicted molar refractivity (Wildman–Crippen MR) is 140 cm³/mol. The van der Waals surface area contributed by atoms with E-state index in [1.165, 1.54) is 0 Å². The third-order valence-corrected chi connectivity index (χ3v) is 6.55. The van der Waals surface area contributed by atoms with E-state index in [2.05, 4.69) is 4.90 Å².